The van der Waals surface area contributed by atoms with Gasteiger partial charge in [0, 0.05) is 17.6 Å². The first-order valence-corrected chi connectivity index (χ1v) is 9.84. The zero-order chi connectivity index (χ0) is 20.3. The van der Waals surface area contributed by atoms with Crippen molar-refractivity contribution in [1.29, 1.82) is 0 Å². The van der Waals surface area contributed by atoms with Gasteiger partial charge in [-0.2, -0.15) is 5.10 Å². The van der Waals surface area contributed by atoms with Crippen LogP contribution >= 0.6 is 0 Å². The van der Waals surface area contributed by atoms with Crippen molar-refractivity contribution in [3.8, 4) is 0 Å². The SMILES string of the molecule is CCCCn1nc(C(=O)Nc2c(C)cccc2C(C)C)c2ccccc2c1=O. The standard InChI is InChI=1S/C23H27N3O2/c1-5-6-14-26-23(28)19-12-8-7-11-18(19)21(25-26)22(27)24-20-16(4)10-9-13-17(20)15(2)3/h7-13,15H,5-6,14H2,1-4H3,(H,24,27). The van der Waals surface area contributed by atoms with Crippen molar-refractivity contribution in [2.24, 2.45) is 0 Å². The molecule has 5 nitrogen and oxygen atoms in total. The van der Waals surface area contributed by atoms with Gasteiger partial charge in [-0.25, -0.2) is 4.68 Å². The van der Waals surface area contributed by atoms with Crippen LogP contribution in [0.25, 0.3) is 10.8 Å². The Kier molecular flexibility index (Phi) is 5.93. The van der Waals surface area contributed by atoms with Crippen molar-refractivity contribution in [1.82, 2.24) is 9.78 Å². The highest BCUT2D eigenvalue weighted by Gasteiger charge is 2.19. The third-order valence-corrected chi connectivity index (χ3v) is 4.97. The quantitative estimate of drug-likeness (QED) is 0.666. The molecule has 0 saturated carbocycles. The minimum absolute atomic E-state index is 0.153. The molecule has 3 aromatic rings. The number of hydrogen-bond donors (Lipinski definition) is 1. The summed E-state index contributed by atoms with van der Waals surface area (Å²) in [7, 11) is 0. The van der Waals surface area contributed by atoms with E-state index in [0.717, 1.165) is 29.7 Å². The second kappa shape index (κ2) is 8.38. The maximum absolute atomic E-state index is 13.2. The summed E-state index contributed by atoms with van der Waals surface area (Å²) < 4.78 is 1.42. The summed E-state index contributed by atoms with van der Waals surface area (Å²) in [4.78, 5) is 25.9. The van der Waals surface area contributed by atoms with E-state index in [9.17, 15) is 9.59 Å². The number of carbonyl (C=O) groups excluding carboxylic acids is 1. The van der Waals surface area contributed by atoms with Gasteiger partial charge in [0.25, 0.3) is 11.5 Å². The number of nitrogens with one attached hydrogen (secondary N) is 1. The Morgan fingerprint density at radius 1 is 1.11 bits per heavy atom. The molecule has 1 N–H and O–H groups in total. The number of para-hydroxylation sites is 1. The lowest BCUT2D eigenvalue weighted by Gasteiger charge is -2.17. The predicted molar refractivity (Wildman–Crippen MR) is 114 cm³/mol. The zero-order valence-electron chi connectivity index (χ0n) is 17.0. The molecule has 0 saturated heterocycles. The van der Waals surface area contributed by atoms with E-state index in [1.165, 1.54) is 4.68 Å². The van der Waals surface area contributed by atoms with Crippen molar-refractivity contribution >= 4 is 22.4 Å². The van der Waals surface area contributed by atoms with Crippen molar-refractivity contribution in [2.75, 3.05) is 5.32 Å². The van der Waals surface area contributed by atoms with Crippen LogP contribution in [-0.4, -0.2) is 15.7 Å². The van der Waals surface area contributed by atoms with Gasteiger partial charge in [0.1, 0.15) is 0 Å². The van der Waals surface area contributed by atoms with E-state index in [4.69, 9.17) is 0 Å². The summed E-state index contributed by atoms with van der Waals surface area (Å²) in [6.45, 7) is 8.74. The van der Waals surface area contributed by atoms with Crippen molar-refractivity contribution in [3.05, 3.63) is 69.6 Å². The normalized spacial score (nSPS) is 11.2. The molecule has 1 heterocycles. The van der Waals surface area contributed by atoms with E-state index < -0.39 is 0 Å². The molecule has 0 unspecified atom stereocenters. The van der Waals surface area contributed by atoms with Gasteiger partial charge in [0.2, 0.25) is 0 Å². The maximum Gasteiger partial charge on any atom is 0.276 e. The predicted octanol–water partition coefficient (Wildman–Crippen LogP) is 4.88. The lowest BCUT2D eigenvalue weighted by molar-refractivity contribution is 0.102. The van der Waals surface area contributed by atoms with Gasteiger partial charge < -0.3 is 5.32 Å². The number of anilines is 1. The first-order chi connectivity index (χ1) is 13.4. The van der Waals surface area contributed by atoms with E-state index in [1.807, 2.05) is 37.3 Å². The first kappa shape index (κ1) is 19.8. The van der Waals surface area contributed by atoms with Gasteiger partial charge in [-0.05, 0) is 36.5 Å². The monoisotopic (exact) mass is 377 g/mol. The molecule has 0 spiro atoms. The van der Waals surface area contributed by atoms with Gasteiger partial charge in [0.05, 0.1) is 5.39 Å². The van der Waals surface area contributed by atoms with Crippen LogP contribution in [0.4, 0.5) is 5.69 Å². The van der Waals surface area contributed by atoms with Crippen LogP contribution < -0.4 is 10.9 Å². The Balaban J connectivity index is 2.10. The van der Waals surface area contributed by atoms with Crippen molar-refractivity contribution in [3.63, 3.8) is 0 Å². The Morgan fingerprint density at radius 2 is 1.82 bits per heavy atom. The molecular weight excluding hydrogens is 350 g/mol. The second-order valence-corrected chi connectivity index (χ2v) is 7.42. The van der Waals surface area contributed by atoms with Crippen molar-refractivity contribution < 1.29 is 4.79 Å². The Hall–Kier alpha value is -2.95. The van der Waals surface area contributed by atoms with Gasteiger partial charge in [-0.15, -0.1) is 0 Å². The van der Waals surface area contributed by atoms with E-state index in [1.54, 1.807) is 12.1 Å². The lowest BCUT2D eigenvalue weighted by Crippen LogP contribution is -2.28. The maximum atomic E-state index is 13.2. The molecule has 2 aromatic carbocycles. The molecule has 0 atom stereocenters. The molecule has 0 aliphatic rings. The zero-order valence-corrected chi connectivity index (χ0v) is 17.0. The molecule has 1 aromatic heterocycles. The van der Waals surface area contributed by atoms with E-state index in [0.29, 0.717) is 17.3 Å². The number of amides is 1. The van der Waals surface area contributed by atoms with E-state index in [2.05, 4.69) is 31.2 Å². The van der Waals surface area contributed by atoms with Gasteiger partial charge >= 0.3 is 0 Å². The molecule has 0 radical (unpaired) electrons. The van der Waals surface area contributed by atoms with Crippen molar-refractivity contribution in [2.45, 2.75) is 53.0 Å². The topological polar surface area (TPSA) is 64.0 Å². The number of unbranched alkanes of at least 4 members (excludes halogenated alkanes) is 1. The van der Waals surface area contributed by atoms with Crippen LogP contribution in [0.5, 0.6) is 0 Å². The van der Waals surface area contributed by atoms with Crippen LogP contribution in [0.2, 0.25) is 0 Å². The Morgan fingerprint density at radius 3 is 2.50 bits per heavy atom. The number of carbonyl (C=O) groups is 1. The molecule has 0 aliphatic heterocycles. The second-order valence-electron chi connectivity index (χ2n) is 7.42. The molecule has 3 rings (SSSR count). The smallest absolute Gasteiger partial charge is 0.276 e. The van der Waals surface area contributed by atoms with E-state index in [-0.39, 0.29) is 23.1 Å². The Bertz CT molecular complexity index is 1070. The minimum Gasteiger partial charge on any atom is -0.320 e. The summed E-state index contributed by atoms with van der Waals surface area (Å²) in [5.74, 6) is -0.0175. The van der Waals surface area contributed by atoms with Gasteiger partial charge in [0.15, 0.2) is 5.69 Å². The number of aryl methyl sites for hydroxylation is 2. The number of fused-ring (bicyclic) bond motifs is 1. The molecule has 0 fully saturated rings. The highest BCUT2D eigenvalue weighted by molar-refractivity contribution is 6.11. The number of nitrogens with zero attached hydrogens (tertiary/aromatic N) is 2. The number of benzene rings is 2. The highest BCUT2D eigenvalue weighted by Crippen LogP contribution is 2.28. The summed E-state index contributed by atoms with van der Waals surface area (Å²) in [6, 6.07) is 13.2. The largest absolute Gasteiger partial charge is 0.320 e. The number of hydrogen-bond acceptors (Lipinski definition) is 3. The van der Waals surface area contributed by atoms with Crippen LogP contribution in [0.1, 0.15) is 61.1 Å². The summed E-state index contributed by atoms with van der Waals surface area (Å²) in [5.41, 5.74) is 3.03. The van der Waals surface area contributed by atoms with Crippen LogP contribution in [0, 0.1) is 6.92 Å². The van der Waals surface area contributed by atoms with Crippen LogP contribution in [0.15, 0.2) is 47.3 Å². The highest BCUT2D eigenvalue weighted by atomic mass is 16.2. The fourth-order valence-electron chi connectivity index (χ4n) is 3.38. The molecule has 28 heavy (non-hydrogen) atoms. The fraction of sp³-hybridized carbons (Fsp3) is 0.348. The van der Waals surface area contributed by atoms with Gasteiger partial charge in [-0.3, -0.25) is 9.59 Å². The molecule has 0 bridgehead atoms. The van der Waals surface area contributed by atoms with Gasteiger partial charge in [-0.1, -0.05) is 63.6 Å². The summed E-state index contributed by atoms with van der Waals surface area (Å²) in [5, 5.41) is 8.59. The third-order valence-electron chi connectivity index (χ3n) is 4.97. The molecular formula is C23H27N3O2. The van der Waals surface area contributed by atoms with Crippen LogP contribution in [-0.2, 0) is 6.54 Å². The first-order valence-electron chi connectivity index (χ1n) is 9.84. The molecule has 0 aliphatic carbocycles. The number of rotatable bonds is 6. The average Bonchev–Trinajstić information content (AvgIpc) is 2.69. The van der Waals surface area contributed by atoms with E-state index >= 15 is 0 Å². The lowest BCUT2D eigenvalue weighted by atomic mass is 9.98. The average molecular weight is 377 g/mol. The fourth-order valence-corrected chi connectivity index (χ4v) is 3.38. The molecule has 1 amide bonds. The molecule has 5 heteroatoms. The third kappa shape index (κ3) is 3.84. The minimum atomic E-state index is -0.294. The number of aromatic nitrogens is 2. The summed E-state index contributed by atoms with van der Waals surface area (Å²) in [6.07, 6.45) is 1.78. The summed E-state index contributed by atoms with van der Waals surface area (Å²) >= 11 is 0. The van der Waals surface area contributed by atoms with Crippen LogP contribution in [0.3, 0.4) is 0 Å². The molecule has 146 valence electrons. The Labute approximate surface area is 165 Å².